The number of hydrogen-bond donors (Lipinski definition) is 3. The lowest BCUT2D eigenvalue weighted by atomic mass is 9.71. The van der Waals surface area contributed by atoms with Crippen LogP contribution in [0.1, 0.15) is 89.5 Å². The Balaban J connectivity index is 1.21. The summed E-state index contributed by atoms with van der Waals surface area (Å²) in [4.78, 5) is 41.1. The van der Waals surface area contributed by atoms with Crippen LogP contribution in [-0.4, -0.2) is 86.7 Å². The average Bonchev–Trinajstić information content (AvgIpc) is 3.39. The zero-order chi connectivity index (χ0) is 30.3. The smallest absolute Gasteiger partial charge is 0.280 e. The van der Waals surface area contributed by atoms with Gasteiger partial charge in [0.05, 0.1) is 18.2 Å². The Morgan fingerprint density at radius 1 is 1.07 bits per heavy atom. The molecule has 0 radical (unpaired) electrons. The number of pyridine rings is 1. The third kappa shape index (κ3) is 6.77. The molecule has 2 atom stereocenters. The largest absolute Gasteiger partial charge is 0.393 e. The molecule has 6 rings (SSSR count). The van der Waals surface area contributed by atoms with E-state index < -0.39 is 6.10 Å². The van der Waals surface area contributed by atoms with Crippen molar-refractivity contribution in [2.75, 3.05) is 32.7 Å². The molecule has 2 amide bonds. The van der Waals surface area contributed by atoms with E-state index in [1.165, 1.54) is 16.9 Å². The molecule has 0 bridgehead atoms. The summed E-state index contributed by atoms with van der Waals surface area (Å²) in [5, 5.41) is 23.2. The van der Waals surface area contributed by atoms with Gasteiger partial charge >= 0.3 is 0 Å². The first-order chi connectivity index (χ1) is 20.5. The summed E-state index contributed by atoms with van der Waals surface area (Å²) in [5.41, 5.74) is 4.80. The zero-order valence-corrected chi connectivity index (χ0v) is 26.2. The lowest BCUT2D eigenvalue weighted by Crippen LogP contribution is -2.53. The molecule has 2 saturated heterocycles. The number of aliphatic hydroxyl groups excluding tert-OH is 2. The number of benzene rings is 1. The lowest BCUT2D eigenvalue weighted by Gasteiger charge is -2.36. The molecule has 3 N–H and O–H groups in total. The molecule has 3 aliphatic rings. The Hall–Kier alpha value is -2.92. The quantitative estimate of drug-likeness (QED) is 0.373. The van der Waals surface area contributed by atoms with Gasteiger partial charge in [0.2, 0.25) is 0 Å². The van der Waals surface area contributed by atoms with E-state index in [0.717, 1.165) is 73.3 Å². The number of amides is 2. The summed E-state index contributed by atoms with van der Waals surface area (Å²) in [6.07, 6.45) is 4.52. The monoisotopic (exact) mass is 605 g/mol. The summed E-state index contributed by atoms with van der Waals surface area (Å²) < 4.78 is 0. The summed E-state index contributed by atoms with van der Waals surface area (Å²) >= 11 is 1.33. The molecule has 0 spiro atoms. The molecular formula is C33H43N5O4S. The van der Waals surface area contributed by atoms with Gasteiger partial charge in [0.25, 0.3) is 11.8 Å². The predicted molar refractivity (Wildman–Crippen MR) is 167 cm³/mol. The molecule has 2 aromatic heterocycles. The number of nitrogens with zero attached hydrogens (tertiary/aromatic N) is 4. The van der Waals surface area contributed by atoms with Gasteiger partial charge in [-0.05, 0) is 79.2 Å². The number of nitrogens with one attached hydrogen (secondary N) is 1. The van der Waals surface area contributed by atoms with Crippen LogP contribution in [0.25, 0.3) is 10.3 Å². The molecule has 10 heteroatoms. The van der Waals surface area contributed by atoms with Crippen molar-refractivity contribution < 1.29 is 19.8 Å². The van der Waals surface area contributed by atoms with Gasteiger partial charge in [0, 0.05) is 44.0 Å². The van der Waals surface area contributed by atoms with Crippen LogP contribution in [-0.2, 0) is 12.8 Å². The molecule has 0 unspecified atom stereocenters. The topological polar surface area (TPSA) is 119 Å². The van der Waals surface area contributed by atoms with Gasteiger partial charge in [-0.15, -0.1) is 0 Å². The van der Waals surface area contributed by atoms with Gasteiger partial charge in [-0.25, -0.2) is 9.97 Å². The molecule has 1 aliphatic carbocycles. The van der Waals surface area contributed by atoms with Crippen LogP contribution < -0.4 is 5.32 Å². The molecule has 0 saturated carbocycles. The molecule has 43 heavy (non-hydrogen) atoms. The van der Waals surface area contributed by atoms with Crippen molar-refractivity contribution in [3.8, 4) is 0 Å². The van der Waals surface area contributed by atoms with Gasteiger partial charge in [-0.1, -0.05) is 44.2 Å². The Kier molecular flexibility index (Phi) is 8.56. The van der Waals surface area contributed by atoms with Crippen molar-refractivity contribution in [1.82, 2.24) is 25.1 Å². The summed E-state index contributed by atoms with van der Waals surface area (Å²) in [5.74, 6) is 0.241. The van der Waals surface area contributed by atoms with Crippen molar-refractivity contribution in [2.24, 2.45) is 11.3 Å². The first kappa shape index (κ1) is 30.1. The standard InChI is InChI=1S/C33H43N5O4S/c1-33(2,3)23-7-8-26-22(16-23)17-28-30(35-26)43-31(36-28)29(41)34-27(11-14-37-12-9-24(39)10-13-37)20-5-4-6-21(15-20)32(42)38-18-25(40)19-38/h4-6,15,17,23-25,27,39-40H,7-14,16,18-19H2,1-3H3,(H,34,41)/t23-,27+/m0/s1. The highest BCUT2D eigenvalue weighted by Gasteiger charge is 2.31. The molecule has 230 valence electrons. The Bertz CT molecular complexity index is 1490. The van der Waals surface area contributed by atoms with Crippen LogP contribution >= 0.6 is 11.3 Å². The van der Waals surface area contributed by atoms with Crippen LogP contribution in [0.4, 0.5) is 0 Å². The summed E-state index contributed by atoms with van der Waals surface area (Å²) in [6, 6.07) is 9.25. The molecule has 3 aromatic rings. The van der Waals surface area contributed by atoms with Gasteiger partial charge in [-0.3, -0.25) is 9.59 Å². The normalized spacial score (nSPS) is 21.0. The molecule has 2 aliphatic heterocycles. The van der Waals surface area contributed by atoms with E-state index in [2.05, 4.69) is 37.1 Å². The maximum Gasteiger partial charge on any atom is 0.280 e. The van der Waals surface area contributed by atoms with Crippen LogP contribution in [0.3, 0.4) is 0 Å². The van der Waals surface area contributed by atoms with Crippen molar-refractivity contribution >= 4 is 33.5 Å². The van der Waals surface area contributed by atoms with E-state index in [1.807, 2.05) is 18.2 Å². The van der Waals surface area contributed by atoms with E-state index in [-0.39, 0.29) is 29.4 Å². The maximum absolute atomic E-state index is 13.7. The van der Waals surface area contributed by atoms with E-state index in [4.69, 9.17) is 9.97 Å². The predicted octanol–water partition coefficient (Wildman–Crippen LogP) is 3.98. The summed E-state index contributed by atoms with van der Waals surface area (Å²) in [7, 11) is 0. The SMILES string of the molecule is CC(C)(C)[C@H]1CCc2nc3sc(C(=O)N[C@H](CCN4CCC(O)CC4)c4cccc(C(=O)N5CC(O)C5)c4)nc3cc2C1. The van der Waals surface area contributed by atoms with Gasteiger partial charge < -0.3 is 25.3 Å². The highest BCUT2D eigenvalue weighted by Crippen LogP contribution is 2.38. The molecule has 2 fully saturated rings. The third-order valence-electron chi connectivity index (χ3n) is 9.45. The van der Waals surface area contributed by atoms with Crippen LogP contribution in [0.2, 0.25) is 0 Å². The number of aliphatic hydroxyl groups is 2. The van der Waals surface area contributed by atoms with E-state index in [9.17, 15) is 19.8 Å². The van der Waals surface area contributed by atoms with Gasteiger partial charge in [0.1, 0.15) is 10.3 Å². The fraction of sp³-hybridized carbons (Fsp3) is 0.576. The second-order valence-corrected chi connectivity index (χ2v) is 14.6. The number of carbonyl (C=O) groups excluding carboxylic acids is 2. The highest BCUT2D eigenvalue weighted by molar-refractivity contribution is 7.19. The maximum atomic E-state index is 13.7. The number of aromatic nitrogens is 2. The number of likely N-dealkylation sites (tertiary alicyclic amines) is 2. The van der Waals surface area contributed by atoms with Crippen LogP contribution in [0.15, 0.2) is 30.3 Å². The Morgan fingerprint density at radius 2 is 1.84 bits per heavy atom. The second-order valence-electron chi connectivity index (χ2n) is 13.6. The van der Waals surface area contributed by atoms with Crippen molar-refractivity contribution in [1.29, 1.82) is 0 Å². The number of hydrogen-bond acceptors (Lipinski definition) is 8. The first-order valence-corrected chi connectivity index (χ1v) is 16.4. The van der Waals surface area contributed by atoms with Crippen LogP contribution in [0.5, 0.6) is 0 Å². The number of aryl methyl sites for hydroxylation is 1. The van der Waals surface area contributed by atoms with E-state index >= 15 is 0 Å². The van der Waals surface area contributed by atoms with Crippen molar-refractivity contribution in [2.45, 2.75) is 77.5 Å². The lowest BCUT2D eigenvalue weighted by molar-refractivity contribution is 0.00588. The number of fused-ring (bicyclic) bond motifs is 2. The van der Waals surface area contributed by atoms with Crippen molar-refractivity contribution in [3.05, 3.63) is 57.7 Å². The molecular weight excluding hydrogens is 562 g/mol. The third-order valence-corrected chi connectivity index (χ3v) is 10.4. The number of thiazole rings is 1. The molecule has 1 aromatic carbocycles. The van der Waals surface area contributed by atoms with Gasteiger partial charge in [0.15, 0.2) is 5.01 Å². The highest BCUT2D eigenvalue weighted by atomic mass is 32.1. The van der Waals surface area contributed by atoms with Gasteiger partial charge in [-0.2, -0.15) is 0 Å². The number of rotatable bonds is 7. The second kappa shape index (κ2) is 12.2. The Morgan fingerprint density at radius 3 is 2.56 bits per heavy atom. The number of β-amino-alcohol motifs (C(OH)–C–C–N with tert-alkyl or cyclic N) is 1. The number of piperidine rings is 1. The van der Waals surface area contributed by atoms with Crippen molar-refractivity contribution in [3.63, 3.8) is 0 Å². The Labute approximate surface area is 257 Å². The first-order valence-electron chi connectivity index (χ1n) is 15.6. The fourth-order valence-electron chi connectivity index (χ4n) is 6.54. The number of carbonyl (C=O) groups is 2. The summed E-state index contributed by atoms with van der Waals surface area (Å²) in [6.45, 7) is 9.98. The average molecular weight is 606 g/mol. The minimum atomic E-state index is -0.462. The fourth-order valence-corrected chi connectivity index (χ4v) is 7.38. The zero-order valence-electron chi connectivity index (χ0n) is 25.4. The van der Waals surface area contributed by atoms with Crippen LogP contribution in [0, 0.1) is 11.3 Å². The van der Waals surface area contributed by atoms with E-state index in [0.29, 0.717) is 36.0 Å². The minimum Gasteiger partial charge on any atom is -0.393 e. The minimum absolute atomic E-state index is 0.114. The molecule has 9 nitrogen and oxygen atoms in total. The molecule has 4 heterocycles. The van der Waals surface area contributed by atoms with E-state index in [1.54, 1.807) is 11.0 Å².